The lowest BCUT2D eigenvalue weighted by Gasteiger charge is -2.19. The van der Waals surface area contributed by atoms with Crippen LogP contribution in [0.25, 0.3) is 0 Å². The lowest BCUT2D eigenvalue weighted by Crippen LogP contribution is -2.41. The van der Waals surface area contributed by atoms with Crippen molar-refractivity contribution in [2.45, 2.75) is 38.4 Å². The molecule has 0 aliphatic heterocycles. The van der Waals surface area contributed by atoms with E-state index in [9.17, 15) is 31.5 Å². The second-order valence-electron chi connectivity index (χ2n) is 6.30. The van der Waals surface area contributed by atoms with Gasteiger partial charge in [-0.3, -0.25) is 9.59 Å². The molecule has 0 bridgehead atoms. The molecule has 1 unspecified atom stereocenters. The zero-order valence-electron chi connectivity index (χ0n) is 15.9. The number of H-pyrrole nitrogens is 1. The zero-order chi connectivity index (χ0) is 22.5. The van der Waals surface area contributed by atoms with Crippen molar-refractivity contribution in [3.63, 3.8) is 0 Å². The predicted octanol–water partition coefficient (Wildman–Crippen LogP) is 3.83. The van der Waals surface area contributed by atoms with E-state index in [1.807, 2.05) is 0 Å². The second-order valence-corrected chi connectivity index (χ2v) is 6.30. The minimum Gasteiger partial charge on any atom is -0.472 e. The fourth-order valence-corrected chi connectivity index (χ4v) is 2.22. The van der Waals surface area contributed by atoms with Crippen molar-refractivity contribution in [2.75, 3.05) is 11.9 Å². The van der Waals surface area contributed by atoms with E-state index < -0.39 is 36.5 Å². The molecule has 2 rings (SSSR count). The minimum atomic E-state index is -5.74. The Balaban J connectivity index is 1.98. The number of nitrogens with zero attached hydrogens (tertiary/aromatic N) is 1. The van der Waals surface area contributed by atoms with Crippen LogP contribution in [0.2, 0.25) is 0 Å². The van der Waals surface area contributed by atoms with E-state index in [1.54, 1.807) is 26.0 Å². The summed E-state index contributed by atoms with van der Waals surface area (Å²) in [6, 6.07) is 4.91. The standard InChI is InChI=1S/C18H19F5N4O3/c1-3-14(28)27-13-8-11(6-7-24-13)10(2)25-16(29)12-4-5-15(26-12)30-9-17(19,20)18(21,22)23/h4-8,10,26H,3,9H2,1-2H3,(H,25,29)(H,24,27,28). The van der Waals surface area contributed by atoms with Crippen LogP contribution in [0.1, 0.15) is 42.4 Å². The van der Waals surface area contributed by atoms with Gasteiger partial charge in [0.1, 0.15) is 11.5 Å². The lowest BCUT2D eigenvalue weighted by molar-refractivity contribution is -0.290. The summed E-state index contributed by atoms with van der Waals surface area (Å²) < 4.78 is 66.7. The second kappa shape index (κ2) is 9.09. The van der Waals surface area contributed by atoms with Crippen LogP contribution in [0.15, 0.2) is 30.5 Å². The van der Waals surface area contributed by atoms with Crippen LogP contribution in [0, 0.1) is 0 Å². The monoisotopic (exact) mass is 434 g/mol. The Morgan fingerprint density at radius 3 is 2.53 bits per heavy atom. The van der Waals surface area contributed by atoms with Gasteiger partial charge in [0, 0.05) is 18.7 Å². The summed E-state index contributed by atoms with van der Waals surface area (Å²) in [7, 11) is 0. The maximum absolute atomic E-state index is 12.9. The molecule has 0 saturated heterocycles. The van der Waals surface area contributed by atoms with Gasteiger partial charge < -0.3 is 20.4 Å². The number of aromatic amines is 1. The average molecular weight is 434 g/mol. The first-order chi connectivity index (χ1) is 13.9. The Morgan fingerprint density at radius 1 is 1.20 bits per heavy atom. The predicted molar refractivity (Wildman–Crippen MR) is 96.3 cm³/mol. The molecule has 0 fully saturated rings. The first-order valence-electron chi connectivity index (χ1n) is 8.76. The van der Waals surface area contributed by atoms with Crippen molar-refractivity contribution in [1.82, 2.24) is 15.3 Å². The molecule has 2 aromatic heterocycles. The molecule has 12 heteroatoms. The third-order valence-electron chi connectivity index (χ3n) is 3.95. The van der Waals surface area contributed by atoms with Gasteiger partial charge in [0.05, 0.1) is 6.04 Å². The Morgan fingerprint density at radius 2 is 1.90 bits per heavy atom. The number of nitrogens with one attached hydrogen (secondary N) is 3. The van der Waals surface area contributed by atoms with E-state index in [0.717, 1.165) is 6.07 Å². The summed E-state index contributed by atoms with van der Waals surface area (Å²) in [4.78, 5) is 30.1. The van der Waals surface area contributed by atoms with Crippen molar-refractivity contribution in [2.24, 2.45) is 0 Å². The van der Waals surface area contributed by atoms with Gasteiger partial charge >= 0.3 is 12.1 Å². The Kier molecular flexibility index (Phi) is 7.00. The molecule has 30 heavy (non-hydrogen) atoms. The summed E-state index contributed by atoms with van der Waals surface area (Å²) >= 11 is 0. The highest BCUT2D eigenvalue weighted by molar-refractivity contribution is 5.93. The number of carbonyl (C=O) groups excluding carboxylic acids is 2. The number of carbonyl (C=O) groups is 2. The van der Waals surface area contributed by atoms with Gasteiger partial charge in [-0.2, -0.15) is 22.0 Å². The number of pyridine rings is 1. The van der Waals surface area contributed by atoms with Crippen molar-refractivity contribution in [3.8, 4) is 5.88 Å². The summed E-state index contributed by atoms with van der Waals surface area (Å²) in [6.07, 6.45) is -4.02. The quantitative estimate of drug-likeness (QED) is 0.551. The number of ether oxygens (including phenoxy) is 1. The van der Waals surface area contributed by atoms with Crippen LogP contribution in [0.5, 0.6) is 5.88 Å². The number of anilines is 1. The van der Waals surface area contributed by atoms with E-state index in [4.69, 9.17) is 0 Å². The van der Waals surface area contributed by atoms with Gasteiger partial charge in [-0.15, -0.1) is 0 Å². The van der Waals surface area contributed by atoms with Crippen LogP contribution in [0.3, 0.4) is 0 Å². The SMILES string of the molecule is CCC(=O)Nc1cc(C(C)NC(=O)c2ccc(OCC(F)(F)C(F)(F)F)[nH]2)ccn1. The molecule has 1 atom stereocenters. The third-order valence-corrected chi connectivity index (χ3v) is 3.95. The average Bonchev–Trinajstić information content (AvgIpc) is 3.15. The number of hydrogen-bond acceptors (Lipinski definition) is 4. The fourth-order valence-electron chi connectivity index (χ4n) is 2.22. The molecular formula is C18H19F5N4O3. The van der Waals surface area contributed by atoms with E-state index in [1.165, 1.54) is 12.3 Å². The maximum atomic E-state index is 12.9. The van der Waals surface area contributed by atoms with Crippen LogP contribution in [-0.2, 0) is 4.79 Å². The minimum absolute atomic E-state index is 0.0965. The number of alkyl halides is 5. The van der Waals surface area contributed by atoms with Crippen molar-refractivity contribution >= 4 is 17.6 Å². The van der Waals surface area contributed by atoms with Crippen molar-refractivity contribution in [1.29, 1.82) is 0 Å². The molecule has 0 saturated carbocycles. The normalized spacial score (nSPS) is 12.9. The molecule has 0 aliphatic rings. The van der Waals surface area contributed by atoms with Gasteiger partial charge in [-0.1, -0.05) is 6.92 Å². The molecular weight excluding hydrogens is 415 g/mol. The van der Waals surface area contributed by atoms with Crippen LogP contribution < -0.4 is 15.4 Å². The molecule has 2 amide bonds. The highest BCUT2D eigenvalue weighted by Gasteiger charge is 2.58. The highest BCUT2D eigenvalue weighted by Crippen LogP contribution is 2.35. The third kappa shape index (κ3) is 5.91. The summed E-state index contributed by atoms with van der Waals surface area (Å²) in [5.74, 6) is -6.00. The summed E-state index contributed by atoms with van der Waals surface area (Å²) in [5, 5.41) is 5.21. The van der Waals surface area contributed by atoms with E-state index in [2.05, 4.69) is 25.3 Å². The van der Waals surface area contributed by atoms with Crippen LogP contribution >= 0.6 is 0 Å². The number of hydrogen-bond donors (Lipinski definition) is 3. The number of amides is 2. The lowest BCUT2D eigenvalue weighted by atomic mass is 10.1. The Bertz CT molecular complexity index is 898. The topological polar surface area (TPSA) is 96.1 Å². The van der Waals surface area contributed by atoms with Crippen LogP contribution in [0.4, 0.5) is 27.8 Å². The first-order valence-corrected chi connectivity index (χ1v) is 8.76. The molecule has 2 aromatic rings. The molecule has 2 heterocycles. The molecule has 0 aromatic carbocycles. The molecule has 0 radical (unpaired) electrons. The van der Waals surface area contributed by atoms with E-state index >= 15 is 0 Å². The first kappa shape index (κ1) is 23.1. The van der Waals surface area contributed by atoms with Gasteiger partial charge in [0.25, 0.3) is 5.91 Å². The van der Waals surface area contributed by atoms with Gasteiger partial charge in [-0.05, 0) is 30.7 Å². The molecule has 164 valence electrons. The molecule has 0 spiro atoms. The highest BCUT2D eigenvalue weighted by atomic mass is 19.4. The van der Waals surface area contributed by atoms with Crippen molar-refractivity contribution < 1.29 is 36.3 Å². The van der Waals surface area contributed by atoms with Gasteiger partial charge in [0.15, 0.2) is 12.5 Å². The maximum Gasteiger partial charge on any atom is 0.456 e. The van der Waals surface area contributed by atoms with E-state index in [-0.39, 0.29) is 18.0 Å². The number of aromatic nitrogens is 2. The zero-order valence-corrected chi connectivity index (χ0v) is 15.9. The molecule has 3 N–H and O–H groups in total. The Labute approximate surface area is 168 Å². The van der Waals surface area contributed by atoms with E-state index in [0.29, 0.717) is 11.4 Å². The van der Waals surface area contributed by atoms with Crippen LogP contribution in [-0.4, -0.2) is 40.5 Å². The number of rotatable bonds is 8. The molecule has 7 nitrogen and oxygen atoms in total. The largest absolute Gasteiger partial charge is 0.472 e. The fraction of sp³-hybridized carbons (Fsp3) is 0.389. The smallest absolute Gasteiger partial charge is 0.456 e. The molecule has 0 aliphatic carbocycles. The Hall–Kier alpha value is -3.18. The van der Waals surface area contributed by atoms with Crippen molar-refractivity contribution in [3.05, 3.63) is 41.7 Å². The van der Waals surface area contributed by atoms with Gasteiger partial charge in [0.2, 0.25) is 5.91 Å². The van der Waals surface area contributed by atoms with Gasteiger partial charge in [-0.25, -0.2) is 4.98 Å². The summed E-state index contributed by atoms with van der Waals surface area (Å²) in [5.41, 5.74) is 0.526. The summed E-state index contributed by atoms with van der Waals surface area (Å²) in [6.45, 7) is 1.42. The number of halogens is 5.